The van der Waals surface area contributed by atoms with E-state index < -0.39 is 180 Å². The predicted octanol–water partition coefficient (Wildman–Crippen LogP) is 2.92. The normalized spacial score (nSPS) is 22.6. The van der Waals surface area contributed by atoms with Gasteiger partial charge in [-0.25, -0.2) is 38.1 Å². The highest BCUT2D eigenvalue weighted by atomic mass is 19.4. The molecule has 0 aromatic carbocycles. The van der Waals surface area contributed by atoms with Crippen molar-refractivity contribution in [2.75, 3.05) is 27.0 Å². The second-order valence-electron chi connectivity index (χ2n) is 28.6. The topological polar surface area (TPSA) is 549 Å². The average molecular weight is 1780 g/mol. The number of aromatic nitrogens is 14. The first-order valence-corrected chi connectivity index (χ1v) is 37.2. The maximum absolute atomic E-state index is 13.3. The van der Waals surface area contributed by atoms with Crippen molar-refractivity contribution < 1.29 is 126 Å². The maximum atomic E-state index is 13.3. The highest BCUT2D eigenvalue weighted by molar-refractivity contribution is 6.02. The number of halogens is 9. The molecule has 0 spiro atoms. The number of rotatable bonds is 18. The van der Waals surface area contributed by atoms with Crippen LogP contribution in [0.1, 0.15) is 138 Å². The monoisotopic (exact) mass is 1780 g/mol. The molecule has 0 bridgehead atoms. The first-order chi connectivity index (χ1) is 58.3. The van der Waals surface area contributed by atoms with Gasteiger partial charge in [-0.15, -0.1) is 31.6 Å². The summed E-state index contributed by atoms with van der Waals surface area (Å²) in [7, 11) is 0. The number of carbonyl (C=O) groups is 8. The molecule has 5 aliphatic rings. The van der Waals surface area contributed by atoms with E-state index in [1.165, 1.54) is 33.2 Å². The summed E-state index contributed by atoms with van der Waals surface area (Å²) in [5.41, 5.74) is 0.845. The number of anilines is 5. The van der Waals surface area contributed by atoms with E-state index in [-0.39, 0.29) is 108 Å². The number of nitrogens with one attached hydrogen (secondary N) is 6. The number of imidazole rings is 3. The third-order valence-electron chi connectivity index (χ3n) is 19.0. The van der Waals surface area contributed by atoms with Crippen molar-refractivity contribution in [3.63, 3.8) is 0 Å². The lowest BCUT2D eigenvalue weighted by atomic mass is 10.0. The van der Waals surface area contributed by atoms with Gasteiger partial charge >= 0.3 is 59.5 Å². The molecule has 0 radical (unpaired) electrons. The number of esters is 4. The van der Waals surface area contributed by atoms with Crippen LogP contribution in [0.2, 0.25) is 0 Å². The van der Waals surface area contributed by atoms with E-state index in [4.69, 9.17) is 69.3 Å². The van der Waals surface area contributed by atoms with Gasteiger partial charge in [0.1, 0.15) is 29.6 Å². The van der Waals surface area contributed by atoms with E-state index >= 15 is 0 Å². The number of amides is 4. The van der Waals surface area contributed by atoms with Crippen molar-refractivity contribution in [3.05, 3.63) is 70.1 Å². The van der Waals surface area contributed by atoms with Crippen LogP contribution in [0.5, 0.6) is 0 Å². The van der Waals surface area contributed by atoms with Crippen LogP contribution in [0.15, 0.2) is 36.4 Å². The van der Waals surface area contributed by atoms with E-state index in [2.05, 4.69) is 84.8 Å². The molecule has 7 aromatic heterocycles. The zero-order valence-corrected chi connectivity index (χ0v) is 67.7. The number of ether oxygens (including phenoxy) is 8. The molecule has 1 unspecified atom stereocenters. The molecule has 16 atom stereocenters. The quantitative estimate of drug-likeness (QED) is 0.0258. The van der Waals surface area contributed by atoms with Crippen molar-refractivity contribution in [3.8, 4) is 49.4 Å². The molecule has 12 heterocycles. The zero-order chi connectivity index (χ0) is 93.3. The minimum absolute atomic E-state index is 0.0475. The summed E-state index contributed by atoms with van der Waals surface area (Å²) in [4.78, 5) is 183. The van der Waals surface area contributed by atoms with Crippen LogP contribution in [0, 0.1) is 67.1 Å². The lowest BCUT2D eigenvalue weighted by molar-refractivity contribution is -0.237. The van der Waals surface area contributed by atoms with E-state index in [9.17, 15) is 112 Å². The van der Waals surface area contributed by atoms with Crippen LogP contribution < -0.4 is 55.2 Å². The Morgan fingerprint density at radius 3 is 1.38 bits per heavy atom. The van der Waals surface area contributed by atoms with Gasteiger partial charge in [0.05, 0.1) is 68.0 Å². The lowest BCUT2D eigenvalue weighted by Gasteiger charge is -2.22. The molecule has 42 nitrogen and oxygen atoms in total. The molecule has 4 fully saturated rings. The van der Waals surface area contributed by atoms with Crippen LogP contribution >= 0.6 is 0 Å². The predicted molar refractivity (Wildman–Crippen MR) is 412 cm³/mol. The summed E-state index contributed by atoms with van der Waals surface area (Å²) >= 11 is 0. The fraction of sp³-hybridized carbons (Fsp3) is 0.527. The third kappa shape index (κ3) is 22.9. The number of hydrogen-bond acceptors (Lipinski definition) is 30. The molecule has 10 N–H and O–H groups in total. The molecule has 51 heteroatoms. The van der Waals surface area contributed by atoms with Crippen molar-refractivity contribution >= 4 is 111 Å². The number of aromatic amines is 2. The Kier molecular flexibility index (Phi) is 31.0. The molecule has 0 saturated carbocycles. The summed E-state index contributed by atoms with van der Waals surface area (Å²) in [5, 5.41) is 29.1. The summed E-state index contributed by atoms with van der Waals surface area (Å²) in [6.07, 6.45) is -8.17. The second-order valence-corrected chi connectivity index (χ2v) is 28.6. The van der Waals surface area contributed by atoms with Gasteiger partial charge in [-0.2, -0.15) is 59.4 Å². The van der Waals surface area contributed by atoms with Crippen molar-refractivity contribution in [1.82, 2.24) is 67.3 Å². The fourth-order valence-corrected chi connectivity index (χ4v) is 13.4. The molecule has 7 aromatic rings. The van der Waals surface area contributed by atoms with Gasteiger partial charge in [-0.05, 0) is 5.92 Å². The molecule has 0 aliphatic carbocycles. The first-order valence-electron chi connectivity index (χ1n) is 37.2. The summed E-state index contributed by atoms with van der Waals surface area (Å²) in [6.45, 7) is 13.3. The number of aliphatic hydroxyl groups is 2. The lowest BCUT2D eigenvalue weighted by Crippen LogP contribution is -2.39. The van der Waals surface area contributed by atoms with E-state index in [1.807, 2.05) is 13.8 Å². The Morgan fingerprint density at radius 2 is 0.960 bits per heavy atom. The number of nitrogens with two attached hydrogens (primary N) is 1. The van der Waals surface area contributed by atoms with Gasteiger partial charge in [-0.3, -0.25) is 87.6 Å². The maximum Gasteiger partial charge on any atom is 0.416 e. The average Bonchev–Trinajstić information content (AvgIpc) is 1.65. The number of fused-ring (bicyclic) bond motifs is 4. The number of nitrogens with zero attached hydrogens (tertiary/aromatic N) is 12. The largest absolute Gasteiger partial charge is 0.458 e. The van der Waals surface area contributed by atoms with Crippen LogP contribution in [0.3, 0.4) is 0 Å². The first kappa shape index (κ1) is 97.1. The number of H-pyrrole nitrogens is 2. The molecule has 674 valence electrons. The van der Waals surface area contributed by atoms with Gasteiger partial charge in [0.15, 0.2) is 58.9 Å². The standard InChI is InChI=1S/2C19H20F3N5O6.C14H14F3N5O4.C11H10N4O2.C11H18O5/c2*1-5-6-26-13-14(24-17(23-9(3)28)25-15(13)30)27(18(26)31)16-12(32-10(4)29)7-11(33-16)8(2)19(20,21)22;1-2-3-21-6-5-19-12(18)20-10(6)22(13(21)25)11-7(23)4-8(26-11)9(24)14(15,16)17;1-3-4-7-8-5-12-11(13-6(2)16)15-9(8)14-10(7)17;1-6(2)9-5-10(14-7(3)12)11(16-9)15-8(4)13/h2*1,8,11-12,16H,6-7H2,2-4H3,(H2,23,24,25,28,30);1,5,7-9,11,23-24H,3-4H2,(H2,18,19,20);1,5,7H,4H2,2H3,(H2,12,13,14,15,16,17);6,9-11H,5H2,1-4H3/t8-,11+,12-,16-;8-,11-,12+,16+;7-,8+,9-,11-;;9-,10+,11+/m101.0/s1. The molecule has 125 heavy (non-hydrogen) atoms. The molecule has 5 aliphatic heterocycles. The third-order valence-corrected chi connectivity index (χ3v) is 19.0. The van der Waals surface area contributed by atoms with Crippen molar-refractivity contribution in [2.24, 2.45) is 17.8 Å². The van der Waals surface area contributed by atoms with Crippen molar-refractivity contribution in [1.29, 1.82) is 0 Å². The van der Waals surface area contributed by atoms with Gasteiger partial charge in [0, 0.05) is 92.3 Å². The highest BCUT2D eigenvalue weighted by Crippen LogP contribution is 2.44. The van der Waals surface area contributed by atoms with Crippen LogP contribution in [0.4, 0.5) is 69.1 Å². The van der Waals surface area contributed by atoms with Crippen LogP contribution in [-0.2, 0) is 95.9 Å². The number of hydrogen-bond donors (Lipinski definition) is 9. The Morgan fingerprint density at radius 1 is 0.536 bits per heavy atom. The van der Waals surface area contributed by atoms with Crippen LogP contribution in [-0.4, -0.2) is 205 Å². The molecular weight excluding hydrogens is 1690 g/mol. The smallest absolute Gasteiger partial charge is 0.416 e. The van der Waals surface area contributed by atoms with Crippen molar-refractivity contribution in [2.45, 2.75) is 232 Å². The highest BCUT2D eigenvalue weighted by Gasteiger charge is 2.54. The second kappa shape index (κ2) is 39.9. The molecule has 12 rings (SSSR count). The SMILES string of the molecule is C#CCC1C(=O)Nc2nc(NC(C)=O)ncc21.C#CCn1c(=O)n([C@@H]2O[C@H]([C@@H](C)C(F)(F)F)C[C@H]2OC(C)=O)c2nc(NC(C)=O)[nH]c(=O)c21.C#CCn1c(=O)n([C@@H]2O[C@H]([C@@H](O)C(F)(F)F)C[C@H]2O)c2nc(N)ncc21.C#CCn1c(=O)n([C@@H]2O[C@H]([C@H](C)C(F)(F)F)C[C@H]2OC(C)=O)c2nc(NC(C)=O)[nH]c(=O)c21.CC(=O)O[C@@H]1O[C@H](C(C)C)C[C@H]1OC(C)=O. The minimum Gasteiger partial charge on any atom is -0.458 e. The Labute approximate surface area is 698 Å². The van der Waals surface area contributed by atoms with Crippen LogP contribution in [0.25, 0.3) is 33.5 Å². The van der Waals surface area contributed by atoms with Gasteiger partial charge < -0.3 is 59.2 Å². The summed E-state index contributed by atoms with van der Waals surface area (Å²) < 4.78 is 165. The summed E-state index contributed by atoms with van der Waals surface area (Å²) in [5.74, 6) is 0.829. The zero-order valence-electron chi connectivity index (χ0n) is 67.7. The number of terminal acetylenes is 4. The van der Waals surface area contributed by atoms with Gasteiger partial charge in [0.2, 0.25) is 53.7 Å². The fourth-order valence-electron chi connectivity index (χ4n) is 13.4. The number of nitrogen functional groups attached to an aromatic ring is 1. The Balaban J connectivity index is 0.000000199. The van der Waals surface area contributed by atoms with Gasteiger partial charge in [0.25, 0.3) is 11.1 Å². The minimum atomic E-state index is -4.94. The number of aliphatic hydroxyl groups excluding tert-OH is 2. The Hall–Kier alpha value is -13.3. The van der Waals surface area contributed by atoms with E-state index in [0.717, 1.165) is 68.9 Å². The Bertz CT molecular complexity index is 5560. The van der Waals surface area contributed by atoms with E-state index in [0.29, 0.717) is 30.1 Å². The molecular formula is C74H82F9N19O23. The van der Waals surface area contributed by atoms with Gasteiger partial charge in [-0.1, -0.05) is 45.5 Å². The molecule has 4 amide bonds. The number of alkyl halides is 9. The molecule has 4 saturated heterocycles. The van der Waals surface area contributed by atoms with E-state index in [1.54, 1.807) is 0 Å². The number of carbonyl (C=O) groups excluding carboxylic acids is 8. The summed E-state index contributed by atoms with van der Waals surface area (Å²) in [6, 6.07) is 0.